The predicted molar refractivity (Wildman–Crippen MR) is 77.1 cm³/mol. The summed E-state index contributed by atoms with van der Waals surface area (Å²) in [7, 11) is 0. The molecule has 3 heteroatoms. The van der Waals surface area contributed by atoms with E-state index in [9.17, 15) is 4.39 Å². The molecule has 2 rings (SSSR count). The average Bonchev–Trinajstić information content (AvgIpc) is 2.85. The molecule has 1 N–H and O–H groups in total. The zero-order valence-electron chi connectivity index (χ0n) is 11.0. The van der Waals surface area contributed by atoms with Crippen molar-refractivity contribution >= 4 is 15.9 Å². The largest absolute Gasteiger partial charge is 0.307 e. The Kier molecular flexibility index (Phi) is 4.79. The van der Waals surface area contributed by atoms with Crippen LogP contribution in [0.3, 0.4) is 0 Å². The molecule has 0 aliphatic heterocycles. The monoisotopic (exact) mass is 313 g/mol. The molecule has 1 aromatic carbocycles. The SMILES string of the molecule is CC(NC(C)C1CCCC1)c1cc(Br)ccc1F. The van der Waals surface area contributed by atoms with Crippen LogP contribution in [0.1, 0.15) is 51.1 Å². The summed E-state index contributed by atoms with van der Waals surface area (Å²) in [6.45, 7) is 4.26. The molecule has 18 heavy (non-hydrogen) atoms. The van der Waals surface area contributed by atoms with Gasteiger partial charge in [-0.25, -0.2) is 4.39 Å². The van der Waals surface area contributed by atoms with Gasteiger partial charge in [0.15, 0.2) is 0 Å². The second-order valence-electron chi connectivity index (χ2n) is 5.39. The first-order chi connectivity index (χ1) is 8.58. The van der Waals surface area contributed by atoms with Gasteiger partial charge in [-0.15, -0.1) is 0 Å². The minimum atomic E-state index is -0.128. The highest BCUT2D eigenvalue weighted by Gasteiger charge is 2.23. The first-order valence-electron chi connectivity index (χ1n) is 6.79. The third-order valence-corrected chi connectivity index (χ3v) is 4.54. The summed E-state index contributed by atoms with van der Waals surface area (Å²) in [6, 6.07) is 5.65. The van der Waals surface area contributed by atoms with Crippen LogP contribution in [0.15, 0.2) is 22.7 Å². The van der Waals surface area contributed by atoms with E-state index in [-0.39, 0.29) is 11.9 Å². The second-order valence-corrected chi connectivity index (χ2v) is 6.30. The molecular formula is C15H21BrFN. The van der Waals surface area contributed by atoms with Crippen molar-refractivity contribution in [3.8, 4) is 0 Å². The summed E-state index contributed by atoms with van der Waals surface area (Å²) >= 11 is 3.40. The van der Waals surface area contributed by atoms with E-state index in [1.807, 2.05) is 13.0 Å². The number of benzene rings is 1. The van der Waals surface area contributed by atoms with Crippen LogP contribution < -0.4 is 5.32 Å². The van der Waals surface area contributed by atoms with Gasteiger partial charge in [-0.3, -0.25) is 0 Å². The maximum atomic E-state index is 13.8. The Morgan fingerprint density at radius 2 is 1.94 bits per heavy atom. The molecule has 2 unspecified atom stereocenters. The fraction of sp³-hybridized carbons (Fsp3) is 0.600. The quantitative estimate of drug-likeness (QED) is 0.840. The highest BCUT2D eigenvalue weighted by Crippen LogP contribution is 2.29. The summed E-state index contributed by atoms with van der Waals surface area (Å²) in [5.41, 5.74) is 0.745. The van der Waals surface area contributed by atoms with E-state index < -0.39 is 0 Å². The fourth-order valence-corrected chi connectivity index (χ4v) is 3.30. The zero-order valence-corrected chi connectivity index (χ0v) is 12.6. The Hall–Kier alpha value is -0.410. The lowest BCUT2D eigenvalue weighted by Crippen LogP contribution is -2.34. The van der Waals surface area contributed by atoms with Crippen molar-refractivity contribution in [2.24, 2.45) is 5.92 Å². The summed E-state index contributed by atoms with van der Waals surface area (Å²) in [6.07, 6.45) is 5.30. The van der Waals surface area contributed by atoms with Crippen LogP contribution in [0.4, 0.5) is 4.39 Å². The lowest BCUT2D eigenvalue weighted by Gasteiger charge is -2.25. The highest BCUT2D eigenvalue weighted by molar-refractivity contribution is 9.10. The molecular weight excluding hydrogens is 293 g/mol. The molecule has 1 nitrogen and oxygen atoms in total. The lowest BCUT2D eigenvalue weighted by atomic mass is 9.97. The lowest BCUT2D eigenvalue weighted by molar-refractivity contribution is 0.348. The van der Waals surface area contributed by atoms with Crippen LogP contribution in [0.5, 0.6) is 0 Å². The molecule has 1 fully saturated rings. The van der Waals surface area contributed by atoms with Gasteiger partial charge in [0.2, 0.25) is 0 Å². The highest BCUT2D eigenvalue weighted by atomic mass is 79.9. The molecule has 0 spiro atoms. The number of halogens is 2. The Morgan fingerprint density at radius 1 is 1.28 bits per heavy atom. The van der Waals surface area contributed by atoms with Gasteiger partial charge in [-0.1, -0.05) is 28.8 Å². The molecule has 0 heterocycles. The van der Waals surface area contributed by atoms with Crippen LogP contribution in [0.2, 0.25) is 0 Å². The van der Waals surface area contributed by atoms with E-state index in [2.05, 4.69) is 28.2 Å². The van der Waals surface area contributed by atoms with E-state index in [0.29, 0.717) is 6.04 Å². The van der Waals surface area contributed by atoms with Crippen molar-refractivity contribution < 1.29 is 4.39 Å². The van der Waals surface area contributed by atoms with Crippen LogP contribution in [-0.2, 0) is 0 Å². The Bertz CT molecular complexity index is 401. The maximum absolute atomic E-state index is 13.8. The Morgan fingerprint density at radius 3 is 2.61 bits per heavy atom. The Labute approximate surface area is 117 Å². The first kappa shape index (κ1) is 14.0. The van der Waals surface area contributed by atoms with Crippen molar-refractivity contribution in [1.82, 2.24) is 5.32 Å². The first-order valence-corrected chi connectivity index (χ1v) is 7.58. The smallest absolute Gasteiger partial charge is 0.128 e. The van der Waals surface area contributed by atoms with E-state index in [1.165, 1.54) is 31.7 Å². The summed E-state index contributed by atoms with van der Waals surface area (Å²) in [4.78, 5) is 0. The molecule has 2 atom stereocenters. The fourth-order valence-electron chi connectivity index (χ4n) is 2.92. The molecule has 1 aliphatic rings. The van der Waals surface area contributed by atoms with Gasteiger partial charge in [-0.2, -0.15) is 0 Å². The van der Waals surface area contributed by atoms with E-state index in [0.717, 1.165) is 16.0 Å². The average molecular weight is 314 g/mol. The van der Waals surface area contributed by atoms with Crippen molar-refractivity contribution in [3.05, 3.63) is 34.1 Å². The summed E-state index contributed by atoms with van der Waals surface area (Å²) in [5, 5.41) is 3.55. The molecule has 0 aromatic heterocycles. The van der Waals surface area contributed by atoms with Gasteiger partial charge < -0.3 is 5.32 Å². The van der Waals surface area contributed by atoms with Crippen LogP contribution in [-0.4, -0.2) is 6.04 Å². The van der Waals surface area contributed by atoms with E-state index in [1.54, 1.807) is 6.07 Å². The number of nitrogens with one attached hydrogen (secondary N) is 1. The number of rotatable bonds is 4. The third-order valence-electron chi connectivity index (χ3n) is 4.04. The van der Waals surface area contributed by atoms with Gasteiger partial charge in [0.1, 0.15) is 5.82 Å². The minimum Gasteiger partial charge on any atom is -0.307 e. The minimum absolute atomic E-state index is 0.0538. The molecule has 1 aliphatic carbocycles. The zero-order chi connectivity index (χ0) is 13.1. The molecule has 0 radical (unpaired) electrons. The van der Waals surface area contributed by atoms with Gasteiger partial charge >= 0.3 is 0 Å². The van der Waals surface area contributed by atoms with Crippen LogP contribution in [0, 0.1) is 11.7 Å². The van der Waals surface area contributed by atoms with Gasteiger partial charge in [0, 0.05) is 22.1 Å². The van der Waals surface area contributed by atoms with E-state index in [4.69, 9.17) is 0 Å². The predicted octanol–water partition coefficient (Wildman–Crippen LogP) is 4.82. The summed E-state index contributed by atoms with van der Waals surface area (Å²) in [5.74, 6) is 0.625. The Balaban J connectivity index is 2.02. The van der Waals surface area contributed by atoms with Crippen molar-refractivity contribution in [2.75, 3.05) is 0 Å². The third kappa shape index (κ3) is 3.33. The van der Waals surface area contributed by atoms with Crippen LogP contribution >= 0.6 is 15.9 Å². The topological polar surface area (TPSA) is 12.0 Å². The molecule has 0 saturated heterocycles. The standard InChI is InChI=1S/C15H21BrFN/c1-10(12-5-3-4-6-12)18-11(2)14-9-13(16)7-8-15(14)17/h7-12,18H,3-6H2,1-2H3. The van der Waals surface area contributed by atoms with Crippen molar-refractivity contribution in [1.29, 1.82) is 0 Å². The van der Waals surface area contributed by atoms with E-state index >= 15 is 0 Å². The molecule has 0 amide bonds. The number of hydrogen-bond acceptors (Lipinski definition) is 1. The second kappa shape index (κ2) is 6.16. The molecule has 100 valence electrons. The van der Waals surface area contributed by atoms with Crippen LogP contribution in [0.25, 0.3) is 0 Å². The van der Waals surface area contributed by atoms with Crippen molar-refractivity contribution in [3.63, 3.8) is 0 Å². The summed E-state index contributed by atoms with van der Waals surface area (Å²) < 4.78 is 14.7. The number of hydrogen-bond donors (Lipinski definition) is 1. The molecule has 1 saturated carbocycles. The van der Waals surface area contributed by atoms with Gasteiger partial charge in [-0.05, 0) is 50.8 Å². The maximum Gasteiger partial charge on any atom is 0.128 e. The normalized spacial score (nSPS) is 20.0. The van der Waals surface area contributed by atoms with Gasteiger partial charge in [0.05, 0.1) is 0 Å². The van der Waals surface area contributed by atoms with Crippen molar-refractivity contribution in [2.45, 2.75) is 51.6 Å². The van der Waals surface area contributed by atoms with Gasteiger partial charge in [0.25, 0.3) is 0 Å². The molecule has 1 aromatic rings. The molecule has 0 bridgehead atoms.